The van der Waals surface area contributed by atoms with Crippen molar-refractivity contribution in [1.29, 1.82) is 0 Å². The lowest BCUT2D eigenvalue weighted by atomic mass is 10.2. The van der Waals surface area contributed by atoms with Crippen LogP contribution in [0, 0.1) is 0 Å². The fourth-order valence-corrected chi connectivity index (χ4v) is 5.39. The lowest BCUT2D eigenvalue weighted by Gasteiger charge is -2.22. The summed E-state index contributed by atoms with van der Waals surface area (Å²) in [5.74, 6) is 0.106. The summed E-state index contributed by atoms with van der Waals surface area (Å²) in [5, 5.41) is 9.24. The first-order chi connectivity index (χ1) is 7.18. The summed E-state index contributed by atoms with van der Waals surface area (Å²) in [7, 11) is -7.54. The largest absolute Gasteiger partial charge is 0.508 e. The third kappa shape index (κ3) is 4.89. The van der Waals surface area contributed by atoms with Gasteiger partial charge in [0.25, 0.3) is 0 Å². The van der Waals surface area contributed by atoms with Crippen LogP contribution >= 0.6 is 7.91 Å². The van der Waals surface area contributed by atoms with E-state index in [0.29, 0.717) is 6.04 Å². The van der Waals surface area contributed by atoms with Crippen molar-refractivity contribution in [2.24, 2.45) is 0 Å². The highest BCUT2D eigenvalue weighted by molar-refractivity contribution is 7.48. The van der Waals surface area contributed by atoms with Crippen molar-refractivity contribution in [3.05, 3.63) is 29.8 Å². The molecule has 16 heavy (non-hydrogen) atoms. The van der Waals surface area contributed by atoms with Crippen LogP contribution in [0.1, 0.15) is 5.56 Å². The van der Waals surface area contributed by atoms with Crippen molar-refractivity contribution in [2.45, 2.75) is 19.1 Å². The molecule has 0 radical (unpaired) electrons. The molecular formula is C9H14FO4PSi. The Hall–Kier alpha value is -0.683. The Labute approximate surface area is 94.5 Å². The Bertz CT molecular complexity index is 418. The van der Waals surface area contributed by atoms with Gasteiger partial charge in [-0.2, -0.15) is 0 Å². The molecule has 1 atom stereocenters. The fraction of sp³-hybridized carbons (Fsp3) is 0.333. The zero-order chi connectivity index (χ0) is 12.4. The molecule has 0 aromatic heterocycles. The monoisotopic (exact) mass is 264 g/mol. The van der Waals surface area contributed by atoms with E-state index in [1.165, 1.54) is 12.1 Å². The van der Waals surface area contributed by atoms with E-state index in [9.17, 15) is 13.9 Å². The van der Waals surface area contributed by atoms with Gasteiger partial charge in [-0.25, -0.2) is 4.57 Å². The van der Waals surface area contributed by atoms with Crippen LogP contribution in [-0.4, -0.2) is 18.3 Å². The molecule has 0 aliphatic carbocycles. The molecule has 0 heterocycles. The minimum Gasteiger partial charge on any atom is -0.508 e. The Morgan fingerprint density at radius 2 is 2.12 bits per heavy atom. The minimum atomic E-state index is -4.94. The maximum Gasteiger partial charge on any atom is 0.500 e. The van der Waals surface area contributed by atoms with Crippen molar-refractivity contribution in [2.75, 3.05) is 0 Å². The van der Waals surface area contributed by atoms with Crippen molar-refractivity contribution >= 4 is 16.2 Å². The van der Waals surface area contributed by atoms with E-state index < -0.39 is 16.2 Å². The average Bonchev–Trinajstić information content (AvgIpc) is 1.96. The van der Waals surface area contributed by atoms with Gasteiger partial charge in [-0.1, -0.05) is 12.1 Å². The van der Waals surface area contributed by atoms with Gasteiger partial charge in [-0.05, 0) is 36.8 Å². The van der Waals surface area contributed by atoms with E-state index in [2.05, 4.69) is 4.21 Å². The van der Waals surface area contributed by atoms with Gasteiger partial charge in [-0.15, -0.1) is 4.20 Å². The molecule has 0 spiro atoms. The van der Waals surface area contributed by atoms with Crippen molar-refractivity contribution in [1.82, 2.24) is 0 Å². The number of hydrogen-bond donors (Lipinski definition) is 2. The minimum absolute atomic E-state index is 0.106. The number of rotatable bonds is 4. The van der Waals surface area contributed by atoms with Crippen LogP contribution < -0.4 is 0 Å². The van der Waals surface area contributed by atoms with Crippen molar-refractivity contribution < 1.29 is 23.0 Å². The Balaban J connectivity index is 2.76. The first-order valence-corrected chi connectivity index (χ1v) is 9.27. The van der Waals surface area contributed by atoms with Crippen LogP contribution in [0.5, 0.6) is 5.75 Å². The zero-order valence-electron chi connectivity index (χ0n) is 9.05. The lowest BCUT2D eigenvalue weighted by Crippen LogP contribution is -2.32. The number of benzene rings is 1. The standard InChI is InChI=1S/C9H14FO4PSi/c1-16(2,14-15(10,12)13)7-8-4-3-5-9(11)6-8/h3-6,11H,7H2,1-2H3,(H,12,13). The van der Waals surface area contributed by atoms with Gasteiger partial charge in [0, 0.05) is 0 Å². The molecule has 0 amide bonds. The smallest absolute Gasteiger partial charge is 0.500 e. The van der Waals surface area contributed by atoms with Gasteiger partial charge < -0.3 is 9.32 Å². The molecule has 0 aliphatic heterocycles. The molecule has 1 rings (SSSR count). The molecule has 7 heteroatoms. The zero-order valence-corrected chi connectivity index (χ0v) is 10.9. The lowest BCUT2D eigenvalue weighted by molar-refractivity contribution is 0.326. The molecule has 2 N–H and O–H groups in total. The van der Waals surface area contributed by atoms with E-state index in [4.69, 9.17) is 4.89 Å². The van der Waals surface area contributed by atoms with Crippen LogP contribution in [0.4, 0.5) is 4.20 Å². The highest BCUT2D eigenvalue weighted by atomic mass is 31.2. The number of aromatic hydroxyl groups is 1. The number of halogens is 1. The molecule has 1 aromatic rings. The molecular weight excluding hydrogens is 250 g/mol. The average molecular weight is 264 g/mol. The van der Waals surface area contributed by atoms with Gasteiger partial charge in [0.1, 0.15) is 5.75 Å². The van der Waals surface area contributed by atoms with Crippen LogP contribution in [0.25, 0.3) is 0 Å². The summed E-state index contributed by atoms with van der Waals surface area (Å²) in [4.78, 5) is 8.54. The second-order valence-corrected chi connectivity index (χ2v) is 9.66. The summed E-state index contributed by atoms with van der Waals surface area (Å²) in [5.41, 5.74) is 0.755. The topological polar surface area (TPSA) is 66.8 Å². The highest BCUT2D eigenvalue weighted by Gasteiger charge is 2.33. The summed E-state index contributed by atoms with van der Waals surface area (Å²) < 4.78 is 27.7. The predicted molar refractivity (Wildman–Crippen MR) is 61.3 cm³/mol. The van der Waals surface area contributed by atoms with E-state index >= 15 is 0 Å². The second-order valence-electron chi connectivity index (χ2n) is 4.15. The van der Waals surface area contributed by atoms with Crippen molar-refractivity contribution in [3.63, 3.8) is 0 Å². The summed E-state index contributed by atoms with van der Waals surface area (Å²) in [6.07, 6.45) is 0. The SMILES string of the molecule is C[Si](C)(Cc1cccc(O)c1)OP(=O)(O)F. The highest BCUT2D eigenvalue weighted by Crippen LogP contribution is 2.46. The predicted octanol–water partition coefficient (Wildman–Crippen LogP) is 2.77. The first-order valence-electron chi connectivity index (χ1n) is 4.69. The van der Waals surface area contributed by atoms with Gasteiger partial charge in [0.05, 0.1) is 0 Å². The van der Waals surface area contributed by atoms with E-state index in [0.717, 1.165) is 5.56 Å². The molecule has 90 valence electrons. The fourth-order valence-electron chi connectivity index (χ4n) is 1.50. The molecule has 0 aliphatic rings. The summed E-state index contributed by atoms with van der Waals surface area (Å²) in [6, 6.07) is 6.81. The maximum absolute atomic E-state index is 12.5. The number of phenols is 1. The summed E-state index contributed by atoms with van der Waals surface area (Å²) in [6.45, 7) is 3.28. The van der Waals surface area contributed by atoms with E-state index in [1.807, 2.05) is 0 Å². The van der Waals surface area contributed by atoms with E-state index in [1.54, 1.807) is 25.2 Å². The van der Waals surface area contributed by atoms with Crippen LogP contribution in [0.2, 0.25) is 13.1 Å². The quantitative estimate of drug-likeness (QED) is 0.648. The number of hydrogen-bond acceptors (Lipinski definition) is 3. The molecule has 0 bridgehead atoms. The first kappa shape index (κ1) is 13.4. The van der Waals surface area contributed by atoms with Gasteiger partial charge in [-0.3, -0.25) is 4.89 Å². The molecule has 1 aromatic carbocycles. The third-order valence-electron chi connectivity index (χ3n) is 1.90. The normalized spacial score (nSPS) is 15.8. The van der Waals surface area contributed by atoms with Gasteiger partial charge in [0.15, 0.2) is 0 Å². The van der Waals surface area contributed by atoms with Gasteiger partial charge in [0.2, 0.25) is 8.32 Å². The number of phenolic OH excluding ortho intramolecular Hbond substituents is 1. The van der Waals surface area contributed by atoms with Crippen LogP contribution in [0.3, 0.4) is 0 Å². The third-order valence-corrected chi connectivity index (χ3v) is 6.04. The Kier molecular flexibility index (Phi) is 3.91. The van der Waals surface area contributed by atoms with Crippen LogP contribution in [0.15, 0.2) is 24.3 Å². The second kappa shape index (κ2) is 4.67. The Morgan fingerprint density at radius 1 is 1.50 bits per heavy atom. The molecule has 0 fully saturated rings. The molecule has 1 unspecified atom stereocenters. The molecule has 0 saturated heterocycles. The van der Waals surface area contributed by atoms with Gasteiger partial charge >= 0.3 is 7.91 Å². The van der Waals surface area contributed by atoms with Crippen LogP contribution in [-0.2, 0) is 14.8 Å². The Morgan fingerprint density at radius 3 is 2.62 bits per heavy atom. The van der Waals surface area contributed by atoms with E-state index in [-0.39, 0.29) is 5.75 Å². The molecule has 0 saturated carbocycles. The van der Waals surface area contributed by atoms with Crippen molar-refractivity contribution in [3.8, 4) is 5.75 Å². The molecule has 4 nitrogen and oxygen atoms in total. The maximum atomic E-state index is 12.5. The summed E-state index contributed by atoms with van der Waals surface area (Å²) >= 11 is 0.